The van der Waals surface area contributed by atoms with E-state index < -0.39 is 0 Å². The minimum absolute atomic E-state index is 0.505. The zero-order chi connectivity index (χ0) is 11.5. The van der Waals surface area contributed by atoms with E-state index in [1.54, 1.807) is 0 Å². The van der Waals surface area contributed by atoms with Gasteiger partial charge >= 0.3 is 0 Å². The summed E-state index contributed by atoms with van der Waals surface area (Å²) in [4.78, 5) is 7.09. The molecule has 16 heavy (non-hydrogen) atoms. The number of hydrogen-bond donors (Lipinski definition) is 1. The third-order valence-electron chi connectivity index (χ3n) is 4.16. The summed E-state index contributed by atoms with van der Waals surface area (Å²) in [6.07, 6.45) is 8.85. The van der Waals surface area contributed by atoms with E-state index in [4.69, 9.17) is 10.7 Å². The lowest BCUT2D eigenvalue weighted by Crippen LogP contribution is -2.44. The van der Waals surface area contributed by atoms with Crippen LogP contribution in [0.25, 0.3) is 0 Å². The molecule has 92 valence electrons. The van der Waals surface area contributed by atoms with Gasteiger partial charge in [0.25, 0.3) is 0 Å². The summed E-state index contributed by atoms with van der Waals surface area (Å²) in [5, 5.41) is 0. The number of rotatable bonds is 2. The van der Waals surface area contributed by atoms with Crippen molar-refractivity contribution in [3.8, 4) is 0 Å². The van der Waals surface area contributed by atoms with Crippen molar-refractivity contribution >= 4 is 5.96 Å². The fourth-order valence-electron chi connectivity index (χ4n) is 3.17. The third kappa shape index (κ3) is 2.33. The quantitative estimate of drug-likeness (QED) is 0.577. The highest BCUT2D eigenvalue weighted by molar-refractivity contribution is 5.79. The molecule has 1 saturated heterocycles. The molecule has 2 N–H and O–H groups in total. The number of aliphatic imine (C=N–C) groups is 1. The smallest absolute Gasteiger partial charge is 0.192 e. The summed E-state index contributed by atoms with van der Waals surface area (Å²) >= 11 is 0. The largest absolute Gasteiger partial charge is 0.370 e. The van der Waals surface area contributed by atoms with Gasteiger partial charge in [-0.3, -0.25) is 0 Å². The van der Waals surface area contributed by atoms with E-state index in [0.717, 1.165) is 5.96 Å². The second-order valence-electron chi connectivity index (χ2n) is 5.32. The highest BCUT2D eigenvalue weighted by atomic mass is 15.3. The van der Waals surface area contributed by atoms with Gasteiger partial charge in [-0.25, -0.2) is 4.99 Å². The van der Waals surface area contributed by atoms with Crippen molar-refractivity contribution in [1.29, 1.82) is 0 Å². The highest BCUT2D eigenvalue weighted by Crippen LogP contribution is 2.27. The zero-order valence-corrected chi connectivity index (χ0v) is 10.7. The lowest BCUT2D eigenvalue weighted by atomic mass is 10.2. The van der Waals surface area contributed by atoms with Crippen LogP contribution >= 0.6 is 0 Å². The molecule has 0 aromatic heterocycles. The summed E-state index contributed by atoms with van der Waals surface area (Å²) in [5.41, 5.74) is 6.19. The Balaban J connectivity index is 2.03. The fourth-order valence-corrected chi connectivity index (χ4v) is 3.17. The van der Waals surface area contributed by atoms with Crippen LogP contribution in [0.15, 0.2) is 4.99 Å². The molecule has 1 aliphatic carbocycles. The molecule has 0 bridgehead atoms. The molecular weight excluding hydrogens is 198 g/mol. The van der Waals surface area contributed by atoms with E-state index in [1.807, 2.05) is 0 Å². The van der Waals surface area contributed by atoms with E-state index in [2.05, 4.69) is 18.7 Å². The Hall–Kier alpha value is -0.730. The Bertz CT molecular complexity index is 256. The highest BCUT2D eigenvalue weighted by Gasteiger charge is 2.31. The Labute approximate surface area is 99.1 Å². The van der Waals surface area contributed by atoms with Crippen LogP contribution in [-0.4, -0.2) is 29.0 Å². The van der Waals surface area contributed by atoms with Crippen LogP contribution < -0.4 is 5.73 Å². The van der Waals surface area contributed by atoms with Crippen molar-refractivity contribution in [2.24, 2.45) is 10.7 Å². The summed E-state index contributed by atoms with van der Waals surface area (Å²) in [7, 11) is 0. The van der Waals surface area contributed by atoms with Gasteiger partial charge < -0.3 is 10.6 Å². The number of hydrogen-bond acceptors (Lipinski definition) is 1. The van der Waals surface area contributed by atoms with Crippen LogP contribution in [-0.2, 0) is 0 Å². The van der Waals surface area contributed by atoms with E-state index in [-0.39, 0.29) is 0 Å². The monoisotopic (exact) mass is 223 g/mol. The minimum atomic E-state index is 0.505. The molecule has 1 aliphatic heterocycles. The summed E-state index contributed by atoms with van der Waals surface area (Å²) in [6, 6.07) is 1.71. The first-order valence-electron chi connectivity index (χ1n) is 6.84. The SMILES string of the molecule is CCC1CCC(C)N1C(N)=NC1CCCC1. The molecule has 2 unspecified atom stereocenters. The van der Waals surface area contributed by atoms with Gasteiger partial charge in [-0.2, -0.15) is 0 Å². The molecular formula is C13H25N3. The Morgan fingerprint density at radius 1 is 1.25 bits per heavy atom. The molecule has 3 heteroatoms. The van der Waals surface area contributed by atoms with Gasteiger partial charge in [0.05, 0.1) is 6.04 Å². The van der Waals surface area contributed by atoms with Crippen LogP contribution in [0.3, 0.4) is 0 Å². The van der Waals surface area contributed by atoms with E-state index in [0.29, 0.717) is 18.1 Å². The average molecular weight is 223 g/mol. The van der Waals surface area contributed by atoms with Gasteiger partial charge in [-0.15, -0.1) is 0 Å². The maximum atomic E-state index is 6.19. The van der Waals surface area contributed by atoms with Crippen LogP contribution in [0.2, 0.25) is 0 Å². The van der Waals surface area contributed by atoms with Crippen LogP contribution in [0.1, 0.15) is 58.8 Å². The molecule has 2 fully saturated rings. The molecule has 2 aliphatic rings. The van der Waals surface area contributed by atoms with Crippen molar-refractivity contribution in [1.82, 2.24) is 4.90 Å². The standard InChI is InChI=1S/C13H25N3/c1-3-12-9-8-10(2)16(12)13(14)15-11-6-4-5-7-11/h10-12H,3-9H2,1-2H3,(H2,14,15). The van der Waals surface area contributed by atoms with E-state index in [1.165, 1.54) is 44.9 Å². The number of nitrogens with two attached hydrogens (primary N) is 1. The molecule has 1 heterocycles. The van der Waals surface area contributed by atoms with Crippen molar-refractivity contribution in [3.05, 3.63) is 0 Å². The van der Waals surface area contributed by atoms with Crippen molar-refractivity contribution in [3.63, 3.8) is 0 Å². The number of nitrogens with zero attached hydrogens (tertiary/aromatic N) is 2. The lowest BCUT2D eigenvalue weighted by Gasteiger charge is -2.29. The second kappa shape index (κ2) is 5.07. The molecule has 0 radical (unpaired) electrons. The first-order valence-corrected chi connectivity index (χ1v) is 6.84. The minimum Gasteiger partial charge on any atom is -0.370 e. The van der Waals surface area contributed by atoms with Gasteiger partial charge in [-0.1, -0.05) is 19.8 Å². The summed E-state index contributed by atoms with van der Waals surface area (Å²) in [5.74, 6) is 0.809. The van der Waals surface area contributed by atoms with Gasteiger partial charge in [0.15, 0.2) is 5.96 Å². The predicted octanol–water partition coefficient (Wildman–Crippen LogP) is 2.51. The molecule has 0 aromatic carbocycles. The van der Waals surface area contributed by atoms with Gasteiger partial charge in [-0.05, 0) is 39.0 Å². The maximum Gasteiger partial charge on any atom is 0.192 e. The second-order valence-corrected chi connectivity index (χ2v) is 5.32. The molecule has 2 rings (SSSR count). The van der Waals surface area contributed by atoms with Gasteiger partial charge in [0, 0.05) is 12.1 Å². The molecule has 3 nitrogen and oxygen atoms in total. The van der Waals surface area contributed by atoms with Gasteiger partial charge in [0.2, 0.25) is 0 Å². The molecule has 2 atom stereocenters. The topological polar surface area (TPSA) is 41.6 Å². The Morgan fingerprint density at radius 2 is 1.94 bits per heavy atom. The van der Waals surface area contributed by atoms with Crippen LogP contribution in [0.5, 0.6) is 0 Å². The van der Waals surface area contributed by atoms with Crippen molar-refractivity contribution in [2.75, 3.05) is 0 Å². The summed E-state index contributed by atoms with van der Waals surface area (Å²) < 4.78 is 0. The third-order valence-corrected chi connectivity index (χ3v) is 4.16. The normalized spacial score (nSPS) is 32.6. The first-order chi connectivity index (χ1) is 7.72. The van der Waals surface area contributed by atoms with Crippen molar-refractivity contribution < 1.29 is 0 Å². The van der Waals surface area contributed by atoms with E-state index in [9.17, 15) is 0 Å². The number of likely N-dealkylation sites (tertiary alicyclic amines) is 1. The van der Waals surface area contributed by atoms with E-state index >= 15 is 0 Å². The Morgan fingerprint density at radius 3 is 2.56 bits per heavy atom. The Kier molecular flexibility index (Phi) is 3.72. The van der Waals surface area contributed by atoms with Crippen molar-refractivity contribution in [2.45, 2.75) is 76.9 Å². The van der Waals surface area contributed by atoms with Crippen LogP contribution in [0, 0.1) is 0 Å². The molecule has 0 spiro atoms. The zero-order valence-electron chi connectivity index (χ0n) is 10.7. The molecule has 0 aromatic rings. The molecule has 1 saturated carbocycles. The average Bonchev–Trinajstić information content (AvgIpc) is 2.87. The van der Waals surface area contributed by atoms with Crippen LogP contribution in [0.4, 0.5) is 0 Å². The molecule has 0 amide bonds. The maximum absolute atomic E-state index is 6.19. The predicted molar refractivity (Wildman–Crippen MR) is 68.5 cm³/mol. The van der Waals surface area contributed by atoms with Gasteiger partial charge in [0.1, 0.15) is 0 Å². The summed E-state index contributed by atoms with van der Waals surface area (Å²) in [6.45, 7) is 4.52. The number of guanidine groups is 1. The first kappa shape index (κ1) is 11.7. The lowest BCUT2D eigenvalue weighted by molar-refractivity contribution is 0.315. The fraction of sp³-hybridized carbons (Fsp3) is 0.923.